The van der Waals surface area contributed by atoms with Crippen molar-refractivity contribution >= 4 is 0 Å². The van der Waals surface area contributed by atoms with Gasteiger partial charge in [-0.2, -0.15) is 0 Å². The molecule has 0 amide bonds. The van der Waals surface area contributed by atoms with Crippen molar-refractivity contribution in [2.75, 3.05) is 7.05 Å². The highest BCUT2D eigenvalue weighted by atomic mass is 14.9. The quantitative estimate of drug-likeness (QED) is 0.641. The molecular weight excluding hydrogens is 170 g/mol. The van der Waals surface area contributed by atoms with Gasteiger partial charge in [0.1, 0.15) is 0 Å². The van der Waals surface area contributed by atoms with Crippen LogP contribution in [0, 0.1) is 11.8 Å². The highest BCUT2D eigenvalue weighted by molar-refractivity contribution is 4.85. The standard InChI is InChI=1S/C13H25N/c1-4-6-7-13(14-3)12-9-8-11(5-2)10-12/h4,11-14H,1,5-10H2,2-3H3. The van der Waals surface area contributed by atoms with Gasteiger partial charge in [0.05, 0.1) is 0 Å². The molecule has 1 saturated carbocycles. The highest BCUT2D eigenvalue weighted by Gasteiger charge is 2.28. The lowest BCUT2D eigenvalue weighted by Gasteiger charge is -2.22. The van der Waals surface area contributed by atoms with Crippen LogP contribution in [0.3, 0.4) is 0 Å². The molecule has 1 heteroatoms. The van der Waals surface area contributed by atoms with Gasteiger partial charge in [0.15, 0.2) is 0 Å². The molecule has 3 unspecified atom stereocenters. The summed E-state index contributed by atoms with van der Waals surface area (Å²) in [7, 11) is 2.10. The van der Waals surface area contributed by atoms with Crippen molar-refractivity contribution in [1.82, 2.24) is 5.32 Å². The average molecular weight is 195 g/mol. The lowest BCUT2D eigenvalue weighted by molar-refractivity contribution is 0.348. The first-order chi connectivity index (χ1) is 6.81. The van der Waals surface area contributed by atoms with E-state index in [2.05, 4.69) is 25.9 Å². The van der Waals surface area contributed by atoms with Crippen molar-refractivity contribution in [3.8, 4) is 0 Å². The summed E-state index contributed by atoms with van der Waals surface area (Å²) in [6.45, 7) is 6.12. The van der Waals surface area contributed by atoms with Crippen LogP contribution in [-0.2, 0) is 0 Å². The van der Waals surface area contributed by atoms with Crippen LogP contribution in [0.4, 0.5) is 0 Å². The first kappa shape index (κ1) is 11.8. The SMILES string of the molecule is C=CCCC(NC)C1CCC(CC)C1. The molecule has 0 aromatic carbocycles. The minimum Gasteiger partial charge on any atom is -0.317 e. The Morgan fingerprint density at radius 1 is 1.50 bits per heavy atom. The summed E-state index contributed by atoms with van der Waals surface area (Å²) in [5.74, 6) is 1.92. The van der Waals surface area contributed by atoms with Crippen LogP contribution in [0.2, 0.25) is 0 Å². The van der Waals surface area contributed by atoms with Gasteiger partial charge in [0, 0.05) is 6.04 Å². The normalized spacial score (nSPS) is 29.0. The maximum absolute atomic E-state index is 3.80. The van der Waals surface area contributed by atoms with Crippen LogP contribution >= 0.6 is 0 Å². The smallest absolute Gasteiger partial charge is 0.00953 e. The van der Waals surface area contributed by atoms with E-state index in [4.69, 9.17) is 0 Å². The Balaban J connectivity index is 2.33. The predicted octanol–water partition coefficient (Wildman–Crippen LogP) is 3.37. The minimum absolute atomic E-state index is 0.726. The van der Waals surface area contributed by atoms with Crippen molar-refractivity contribution in [3.63, 3.8) is 0 Å². The van der Waals surface area contributed by atoms with E-state index >= 15 is 0 Å². The minimum atomic E-state index is 0.726. The Morgan fingerprint density at radius 3 is 2.79 bits per heavy atom. The van der Waals surface area contributed by atoms with Crippen molar-refractivity contribution in [3.05, 3.63) is 12.7 Å². The molecule has 0 bridgehead atoms. The van der Waals surface area contributed by atoms with Gasteiger partial charge in [-0.05, 0) is 44.6 Å². The van der Waals surface area contributed by atoms with Crippen LogP contribution in [0.25, 0.3) is 0 Å². The molecular formula is C13H25N. The fourth-order valence-corrected chi connectivity index (χ4v) is 2.76. The van der Waals surface area contributed by atoms with Crippen molar-refractivity contribution < 1.29 is 0 Å². The Labute approximate surface area is 89.0 Å². The Hall–Kier alpha value is -0.300. The molecule has 82 valence electrons. The van der Waals surface area contributed by atoms with Crippen molar-refractivity contribution in [1.29, 1.82) is 0 Å². The largest absolute Gasteiger partial charge is 0.317 e. The molecule has 1 N–H and O–H groups in total. The van der Waals surface area contributed by atoms with Gasteiger partial charge in [0.25, 0.3) is 0 Å². The van der Waals surface area contributed by atoms with Crippen LogP contribution in [0.15, 0.2) is 12.7 Å². The Bertz CT molecular complexity index is 165. The van der Waals surface area contributed by atoms with E-state index in [0.717, 1.165) is 24.3 Å². The average Bonchev–Trinajstić information content (AvgIpc) is 2.68. The molecule has 0 aromatic heterocycles. The molecule has 1 aliphatic carbocycles. The molecule has 0 aliphatic heterocycles. The zero-order chi connectivity index (χ0) is 10.4. The van der Waals surface area contributed by atoms with E-state index in [9.17, 15) is 0 Å². The molecule has 0 radical (unpaired) electrons. The first-order valence-electron chi connectivity index (χ1n) is 6.10. The van der Waals surface area contributed by atoms with Crippen LogP contribution in [0.1, 0.15) is 45.4 Å². The third-order valence-electron chi connectivity index (χ3n) is 3.78. The summed E-state index contributed by atoms with van der Waals surface area (Å²) in [5.41, 5.74) is 0. The van der Waals surface area contributed by atoms with E-state index in [1.807, 2.05) is 6.08 Å². The molecule has 1 fully saturated rings. The molecule has 14 heavy (non-hydrogen) atoms. The van der Waals surface area contributed by atoms with Gasteiger partial charge in [-0.15, -0.1) is 6.58 Å². The van der Waals surface area contributed by atoms with Crippen LogP contribution in [0.5, 0.6) is 0 Å². The number of hydrogen-bond acceptors (Lipinski definition) is 1. The van der Waals surface area contributed by atoms with E-state index < -0.39 is 0 Å². The molecule has 0 saturated heterocycles. The fraction of sp³-hybridized carbons (Fsp3) is 0.846. The monoisotopic (exact) mass is 195 g/mol. The predicted molar refractivity (Wildman–Crippen MR) is 63.4 cm³/mol. The second-order valence-corrected chi connectivity index (χ2v) is 4.61. The number of allylic oxidation sites excluding steroid dienone is 1. The maximum Gasteiger partial charge on any atom is 0.00953 e. The van der Waals surface area contributed by atoms with Crippen molar-refractivity contribution in [2.45, 2.75) is 51.5 Å². The summed E-state index contributed by atoms with van der Waals surface area (Å²) < 4.78 is 0. The summed E-state index contributed by atoms with van der Waals surface area (Å²) in [6.07, 6.45) is 10.2. The Morgan fingerprint density at radius 2 is 2.29 bits per heavy atom. The highest BCUT2D eigenvalue weighted by Crippen LogP contribution is 2.35. The summed E-state index contributed by atoms with van der Waals surface area (Å²) in [5, 5.41) is 3.48. The number of nitrogens with one attached hydrogen (secondary N) is 1. The molecule has 1 nitrogen and oxygen atoms in total. The topological polar surface area (TPSA) is 12.0 Å². The third-order valence-corrected chi connectivity index (χ3v) is 3.78. The van der Waals surface area contributed by atoms with Gasteiger partial charge in [0.2, 0.25) is 0 Å². The number of rotatable bonds is 6. The van der Waals surface area contributed by atoms with Gasteiger partial charge in [-0.3, -0.25) is 0 Å². The van der Waals surface area contributed by atoms with Crippen molar-refractivity contribution in [2.24, 2.45) is 11.8 Å². The van der Waals surface area contributed by atoms with E-state index in [-0.39, 0.29) is 0 Å². The second kappa shape index (κ2) is 6.23. The molecule has 1 aliphatic rings. The van der Waals surface area contributed by atoms with E-state index in [0.29, 0.717) is 0 Å². The Kier molecular flexibility index (Phi) is 5.24. The maximum atomic E-state index is 3.80. The van der Waals surface area contributed by atoms with Gasteiger partial charge >= 0.3 is 0 Å². The third kappa shape index (κ3) is 3.13. The summed E-state index contributed by atoms with van der Waals surface area (Å²) in [4.78, 5) is 0. The van der Waals surface area contributed by atoms with Gasteiger partial charge < -0.3 is 5.32 Å². The zero-order valence-electron chi connectivity index (χ0n) is 9.76. The molecule has 0 aromatic rings. The zero-order valence-corrected chi connectivity index (χ0v) is 9.76. The lowest BCUT2D eigenvalue weighted by Crippen LogP contribution is -2.32. The lowest BCUT2D eigenvalue weighted by atomic mass is 9.92. The first-order valence-corrected chi connectivity index (χ1v) is 6.10. The second-order valence-electron chi connectivity index (χ2n) is 4.61. The van der Waals surface area contributed by atoms with Crippen LogP contribution < -0.4 is 5.32 Å². The molecule has 0 heterocycles. The molecule has 3 atom stereocenters. The summed E-state index contributed by atoms with van der Waals surface area (Å²) in [6, 6.07) is 0.726. The number of hydrogen-bond donors (Lipinski definition) is 1. The molecule has 0 spiro atoms. The summed E-state index contributed by atoms with van der Waals surface area (Å²) >= 11 is 0. The molecule has 1 rings (SSSR count). The van der Waals surface area contributed by atoms with Crippen LogP contribution in [-0.4, -0.2) is 13.1 Å². The van der Waals surface area contributed by atoms with E-state index in [1.54, 1.807) is 0 Å². The van der Waals surface area contributed by atoms with E-state index in [1.165, 1.54) is 32.1 Å². The fourth-order valence-electron chi connectivity index (χ4n) is 2.76. The van der Waals surface area contributed by atoms with Gasteiger partial charge in [-0.1, -0.05) is 25.8 Å². The van der Waals surface area contributed by atoms with Gasteiger partial charge in [-0.25, -0.2) is 0 Å².